The van der Waals surface area contributed by atoms with Gasteiger partial charge in [-0.1, -0.05) is 12.1 Å². The third kappa shape index (κ3) is 5.25. The van der Waals surface area contributed by atoms with Crippen molar-refractivity contribution in [3.63, 3.8) is 0 Å². The van der Waals surface area contributed by atoms with Crippen LogP contribution >= 0.6 is 10.0 Å². The first-order chi connectivity index (χ1) is 14.2. The van der Waals surface area contributed by atoms with Crippen molar-refractivity contribution in [1.29, 1.82) is 0 Å². The van der Waals surface area contributed by atoms with Crippen molar-refractivity contribution in [1.82, 2.24) is 10.2 Å². The van der Waals surface area contributed by atoms with Crippen LogP contribution in [0, 0.1) is 0 Å². The number of nitrogens with one attached hydrogen (secondary N) is 2. The van der Waals surface area contributed by atoms with Gasteiger partial charge in [-0.2, -0.15) is 0 Å². The number of aliphatic hydroxyl groups excluding tert-OH is 1. The summed E-state index contributed by atoms with van der Waals surface area (Å²) in [6.45, 7) is 0.527. The number of ether oxygens (including phenoxy) is 1. The molecular formula is C22H29N3O4S. The lowest BCUT2D eigenvalue weighted by atomic mass is 10.1. The van der Waals surface area contributed by atoms with E-state index in [1.807, 2.05) is 24.3 Å². The Kier molecular flexibility index (Phi) is 6.58. The number of hydrogen-bond acceptors (Lipinski definition) is 4. The molecule has 2 aromatic carbocycles. The zero-order chi connectivity index (χ0) is 21.9. The molecule has 0 saturated carbocycles. The molecule has 162 valence electrons. The number of nitrogens with zero attached hydrogens (tertiary/aromatic N) is 1. The number of amides is 3. The maximum Gasteiger partial charge on any atom is 0.318 e. The second kappa shape index (κ2) is 8.97. The first-order valence-electron chi connectivity index (χ1n) is 9.64. The molecule has 30 heavy (non-hydrogen) atoms. The molecule has 3 amide bonds. The summed E-state index contributed by atoms with van der Waals surface area (Å²) < 4.78 is 5.18. The zero-order valence-electron chi connectivity index (χ0n) is 17.7. The van der Waals surface area contributed by atoms with E-state index in [-0.39, 0.29) is 25.0 Å². The van der Waals surface area contributed by atoms with Gasteiger partial charge < -0.3 is 25.4 Å². The normalized spacial score (nSPS) is 15.7. The third-order valence-corrected chi connectivity index (χ3v) is 6.64. The Morgan fingerprint density at radius 2 is 1.67 bits per heavy atom. The lowest BCUT2D eigenvalue weighted by molar-refractivity contribution is -0.118. The molecule has 1 aliphatic heterocycles. The van der Waals surface area contributed by atoms with Crippen molar-refractivity contribution in [3.8, 4) is 5.75 Å². The van der Waals surface area contributed by atoms with Crippen molar-refractivity contribution in [2.24, 2.45) is 0 Å². The molecule has 3 rings (SSSR count). The highest BCUT2D eigenvalue weighted by Crippen LogP contribution is 2.45. The molecule has 0 aromatic heterocycles. The summed E-state index contributed by atoms with van der Waals surface area (Å²) in [5.74, 6) is 0.320. The van der Waals surface area contributed by atoms with Gasteiger partial charge in [0, 0.05) is 5.69 Å². The van der Waals surface area contributed by atoms with E-state index in [2.05, 4.69) is 29.4 Å². The Labute approximate surface area is 178 Å². The number of likely N-dealkylation sites (tertiary alicyclic amines) is 1. The predicted octanol–water partition coefficient (Wildman–Crippen LogP) is 2.81. The molecule has 0 bridgehead atoms. The fourth-order valence-electron chi connectivity index (χ4n) is 3.09. The van der Waals surface area contributed by atoms with Crippen molar-refractivity contribution < 1.29 is 19.4 Å². The molecular weight excluding hydrogens is 402 g/mol. The summed E-state index contributed by atoms with van der Waals surface area (Å²) in [4.78, 5) is 28.3. The topological polar surface area (TPSA) is 90.9 Å². The molecule has 0 unspecified atom stereocenters. The van der Waals surface area contributed by atoms with Gasteiger partial charge in [0.15, 0.2) is 0 Å². The van der Waals surface area contributed by atoms with Gasteiger partial charge in [-0.15, -0.1) is 0 Å². The van der Waals surface area contributed by atoms with Gasteiger partial charge in [-0.25, -0.2) is 14.8 Å². The van der Waals surface area contributed by atoms with Gasteiger partial charge >= 0.3 is 6.03 Å². The van der Waals surface area contributed by atoms with Gasteiger partial charge in [0.25, 0.3) is 5.91 Å². The van der Waals surface area contributed by atoms with Gasteiger partial charge in [0.2, 0.25) is 0 Å². The summed E-state index contributed by atoms with van der Waals surface area (Å²) >= 11 is 0. The van der Waals surface area contributed by atoms with Crippen LogP contribution in [0.4, 0.5) is 10.5 Å². The maximum atomic E-state index is 13.1. The van der Waals surface area contributed by atoms with Gasteiger partial charge in [-0.05, 0) is 65.6 Å². The maximum absolute atomic E-state index is 13.1. The quantitative estimate of drug-likeness (QED) is 0.656. The van der Waals surface area contributed by atoms with Crippen LogP contribution in [0.2, 0.25) is 0 Å². The van der Waals surface area contributed by atoms with Crippen molar-refractivity contribution in [2.75, 3.05) is 44.3 Å². The standard InChI is InChI=1S/C22H29N3O4S/c1-29-18-9-5-15(6-10-18)20(24-22(28)25-13-17(26)14-25)21(27)23-16-7-11-19(12-8-16)30(2,3)4/h5-12,17,20,26H,13-14H2,1-4H3,(H,23,27)(H,24,28)/t20-/m1/s1. The van der Waals surface area contributed by atoms with Crippen molar-refractivity contribution in [2.45, 2.75) is 17.0 Å². The van der Waals surface area contributed by atoms with Crippen LogP contribution in [0.3, 0.4) is 0 Å². The second-order valence-electron chi connectivity index (χ2n) is 8.07. The van der Waals surface area contributed by atoms with Crippen LogP contribution in [0.1, 0.15) is 11.6 Å². The van der Waals surface area contributed by atoms with Gasteiger partial charge in [0.05, 0.1) is 26.3 Å². The summed E-state index contributed by atoms with van der Waals surface area (Å²) in [7, 11) is 0.721. The van der Waals surface area contributed by atoms with Crippen LogP contribution in [0.5, 0.6) is 5.75 Å². The number of anilines is 1. The van der Waals surface area contributed by atoms with Gasteiger partial charge in [0.1, 0.15) is 11.8 Å². The highest BCUT2D eigenvalue weighted by Gasteiger charge is 2.32. The molecule has 8 heteroatoms. The minimum Gasteiger partial charge on any atom is -0.497 e. The fraction of sp³-hybridized carbons (Fsp3) is 0.364. The fourth-order valence-corrected chi connectivity index (χ4v) is 4.05. The van der Waals surface area contributed by atoms with Crippen molar-refractivity contribution >= 4 is 27.7 Å². The summed E-state index contributed by atoms with van der Waals surface area (Å²) in [5, 5.41) is 15.1. The first kappa shape index (κ1) is 22.0. The summed E-state index contributed by atoms with van der Waals surface area (Å²) in [6.07, 6.45) is 6.13. The number of methoxy groups -OCH3 is 1. The minimum atomic E-state index is -0.880. The molecule has 0 spiro atoms. The number of carbonyl (C=O) groups excluding carboxylic acids is 2. The Morgan fingerprint density at radius 3 is 2.17 bits per heavy atom. The van der Waals surface area contributed by atoms with E-state index in [0.29, 0.717) is 17.0 Å². The minimum absolute atomic E-state index is 0.263. The van der Waals surface area contributed by atoms with E-state index in [1.54, 1.807) is 31.4 Å². The van der Waals surface area contributed by atoms with E-state index in [0.717, 1.165) is 0 Å². The predicted molar refractivity (Wildman–Crippen MR) is 121 cm³/mol. The molecule has 1 aliphatic rings. The Bertz CT molecular complexity index is 888. The average molecular weight is 432 g/mol. The summed E-state index contributed by atoms with van der Waals surface area (Å²) in [5.41, 5.74) is 1.30. The lowest BCUT2D eigenvalue weighted by Gasteiger charge is -2.36. The number of hydrogen-bond donors (Lipinski definition) is 3. The largest absolute Gasteiger partial charge is 0.497 e. The molecule has 2 aromatic rings. The molecule has 1 atom stereocenters. The molecule has 1 saturated heterocycles. The van der Waals surface area contributed by atoms with Crippen molar-refractivity contribution in [3.05, 3.63) is 54.1 Å². The molecule has 3 N–H and O–H groups in total. The Hall–Kier alpha value is -2.71. The molecule has 1 fully saturated rings. The molecule has 1 heterocycles. The highest BCUT2D eigenvalue weighted by atomic mass is 32.3. The van der Waals surface area contributed by atoms with Crippen LogP contribution in [-0.4, -0.2) is 67.0 Å². The molecule has 0 aliphatic carbocycles. The van der Waals surface area contributed by atoms with Gasteiger partial charge in [-0.3, -0.25) is 4.79 Å². The van der Waals surface area contributed by atoms with E-state index in [4.69, 9.17) is 4.74 Å². The molecule has 7 nitrogen and oxygen atoms in total. The zero-order valence-corrected chi connectivity index (χ0v) is 18.5. The Balaban J connectivity index is 1.77. The first-order valence-corrected chi connectivity index (χ1v) is 12.5. The van der Waals surface area contributed by atoms with E-state index >= 15 is 0 Å². The van der Waals surface area contributed by atoms with Crippen LogP contribution in [0.25, 0.3) is 0 Å². The van der Waals surface area contributed by atoms with E-state index in [1.165, 1.54) is 9.80 Å². The number of β-amino-alcohol motifs (C(OH)–C–C–N with tert-alkyl or cyclic N) is 1. The van der Waals surface area contributed by atoms with E-state index < -0.39 is 22.2 Å². The lowest BCUT2D eigenvalue weighted by Crippen LogP contribution is -2.57. The number of benzene rings is 2. The molecule has 0 radical (unpaired) electrons. The van der Waals surface area contributed by atoms with Crippen LogP contribution in [0.15, 0.2) is 53.4 Å². The highest BCUT2D eigenvalue weighted by molar-refractivity contribution is 8.32. The van der Waals surface area contributed by atoms with Crippen LogP contribution in [-0.2, 0) is 4.79 Å². The third-order valence-electron chi connectivity index (χ3n) is 4.96. The number of carbonyl (C=O) groups is 2. The summed E-state index contributed by atoms with van der Waals surface area (Å²) in [6, 6.07) is 13.5. The average Bonchev–Trinajstić information content (AvgIpc) is 2.69. The Morgan fingerprint density at radius 1 is 1.07 bits per heavy atom. The van der Waals surface area contributed by atoms with E-state index in [9.17, 15) is 14.7 Å². The smallest absolute Gasteiger partial charge is 0.318 e. The monoisotopic (exact) mass is 431 g/mol. The number of urea groups is 1. The number of aliphatic hydroxyl groups is 1. The van der Waals surface area contributed by atoms with Crippen LogP contribution < -0.4 is 15.4 Å². The SMILES string of the molecule is COc1ccc([C@@H](NC(=O)N2CC(O)C2)C(=O)Nc2ccc(S(C)(C)C)cc2)cc1. The second-order valence-corrected chi connectivity index (χ2v) is 12.2. The number of rotatable bonds is 6.